The number of anilines is 1. The van der Waals surface area contributed by atoms with Gasteiger partial charge >= 0.3 is 0 Å². The number of phenolic OH excluding ortho intramolecular Hbond substituents is 1. The number of halogens is 1. The van der Waals surface area contributed by atoms with Crippen LogP contribution >= 0.6 is 46.1 Å². The number of thioether (sulfide) groups is 2. The maximum atomic E-state index is 12.5. The van der Waals surface area contributed by atoms with Gasteiger partial charge in [0, 0.05) is 10.6 Å². The van der Waals surface area contributed by atoms with E-state index in [1.807, 2.05) is 47.0 Å². The molecule has 28 heavy (non-hydrogen) atoms. The monoisotopic (exact) mass is 526 g/mol. The molecule has 2 aromatic carbocycles. The molecular formula is C19H15IN2O4S2. The summed E-state index contributed by atoms with van der Waals surface area (Å²) in [5.74, 6) is -0.805. The Labute approximate surface area is 183 Å². The van der Waals surface area contributed by atoms with E-state index in [2.05, 4.69) is 5.32 Å². The van der Waals surface area contributed by atoms with Gasteiger partial charge in [0.25, 0.3) is 11.1 Å². The molecule has 1 saturated heterocycles. The smallest absolute Gasteiger partial charge is 0.294 e. The molecule has 6 nitrogen and oxygen atoms in total. The van der Waals surface area contributed by atoms with Crippen molar-refractivity contribution in [3.63, 3.8) is 0 Å². The van der Waals surface area contributed by atoms with Crippen molar-refractivity contribution in [2.75, 3.05) is 18.1 Å². The van der Waals surface area contributed by atoms with Crippen LogP contribution in [0.5, 0.6) is 5.75 Å². The molecule has 0 aliphatic carbocycles. The minimum atomic E-state index is -0.508. The minimum Gasteiger partial charge on any atom is -0.507 e. The third kappa shape index (κ3) is 4.89. The summed E-state index contributed by atoms with van der Waals surface area (Å²) in [6, 6.07) is 12.2. The highest BCUT2D eigenvalue weighted by Crippen LogP contribution is 2.33. The first-order valence-electron chi connectivity index (χ1n) is 8.05. The van der Waals surface area contributed by atoms with Crippen LogP contribution in [0.2, 0.25) is 0 Å². The zero-order chi connectivity index (χ0) is 20.3. The fourth-order valence-electron chi connectivity index (χ4n) is 2.45. The summed E-state index contributed by atoms with van der Waals surface area (Å²) >= 11 is 4.32. The van der Waals surface area contributed by atoms with Crippen LogP contribution in [-0.4, -0.2) is 39.9 Å². The molecule has 3 amide bonds. The van der Waals surface area contributed by atoms with Crippen LogP contribution in [0.3, 0.4) is 0 Å². The van der Waals surface area contributed by atoms with E-state index in [0.717, 1.165) is 21.6 Å². The Kier molecular flexibility index (Phi) is 6.68. The van der Waals surface area contributed by atoms with Crippen LogP contribution in [0.4, 0.5) is 10.5 Å². The van der Waals surface area contributed by atoms with Gasteiger partial charge in [-0.3, -0.25) is 19.3 Å². The average molecular weight is 526 g/mol. The molecule has 1 aliphatic rings. The van der Waals surface area contributed by atoms with Crippen molar-refractivity contribution in [2.24, 2.45) is 0 Å². The lowest BCUT2D eigenvalue weighted by molar-refractivity contribution is -0.127. The van der Waals surface area contributed by atoms with Gasteiger partial charge in [0.2, 0.25) is 5.91 Å². The van der Waals surface area contributed by atoms with Gasteiger partial charge in [-0.05, 0) is 82.6 Å². The van der Waals surface area contributed by atoms with E-state index in [9.17, 15) is 19.5 Å². The van der Waals surface area contributed by atoms with Crippen LogP contribution in [0.15, 0.2) is 52.3 Å². The molecular weight excluding hydrogens is 511 g/mol. The molecule has 0 unspecified atom stereocenters. The van der Waals surface area contributed by atoms with Crippen molar-refractivity contribution in [1.29, 1.82) is 0 Å². The van der Waals surface area contributed by atoms with Crippen LogP contribution < -0.4 is 5.32 Å². The number of hydrogen-bond donors (Lipinski definition) is 2. The number of imide groups is 1. The highest BCUT2D eigenvalue weighted by molar-refractivity contribution is 14.1. The summed E-state index contributed by atoms with van der Waals surface area (Å²) in [5.41, 5.74) is 1.30. The van der Waals surface area contributed by atoms with Crippen LogP contribution in [-0.2, 0) is 9.59 Å². The SMILES string of the molecule is CSc1cccc(NC(=O)CN2C(=O)S/C(=C\c3ccc(O)c(I)c3)C2=O)c1. The predicted molar refractivity (Wildman–Crippen MR) is 120 cm³/mol. The van der Waals surface area contributed by atoms with Crippen LogP contribution in [0.25, 0.3) is 6.08 Å². The fourth-order valence-corrected chi connectivity index (χ4v) is 4.28. The van der Waals surface area contributed by atoms with Crippen molar-refractivity contribution in [3.05, 3.63) is 56.5 Å². The second kappa shape index (κ2) is 9.01. The third-order valence-electron chi connectivity index (χ3n) is 3.80. The van der Waals surface area contributed by atoms with E-state index in [-0.39, 0.29) is 17.2 Å². The molecule has 1 fully saturated rings. The lowest BCUT2D eigenvalue weighted by atomic mass is 10.2. The Hall–Kier alpha value is -1.98. The maximum Gasteiger partial charge on any atom is 0.294 e. The molecule has 2 aromatic rings. The molecule has 0 saturated carbocycles. The molecule has 1 aliphatic heterocycles. The van der Waals surface area contributed by atoms with Gasteiger partial charge < -0.3 is 10.4 Å². The quantitative estimate of drug-likeness (QED) is 0.342. The topological polar surface area (TPSA) is 86.7 Å². The van der Waals surface area contributed by atoms with E-state index in [0.29, 0.717) is 14.8 Å². The summed E-state index contributed by atoms with van der Waals surface area (Å²) in [6.07, 6.45) is 3.51. The molecule has 0 radical (unpaired) electrons. The molecule has 0 aromatic heterocycles. The molecule has 0 atom stereocenters. The van der Waals surface area contributed by atoms with Crippen molar-refractivity contribution in [3.8, 4) is 5.75 Å². The number of carbonyl (C=O) groups is 3. The number of aromatic hydroxyl groups is 1. The fraction of sp³-hybridized carbons (Fsp3) is 0.105. The number of phenols is 1. The van der Waals surface area contributed by atoms with Crippen LogP contribution in [0.1, 0.15) is 5.56 Å². The van der Waals surface area contributed by atoms with Gasteiger partial charge in [-0.15, -0.1) is 11.8 Å². The first-order chi connectivity index (χ1) is 13.4. The van der Waals surface area contributed by atoms with Crippen molar-refractivity contribution >= 4 is 74.9 Å². The normalized spacial score (nSPS) is 15.4. The van der Waals surface area contributed by atoms with Gasteiger partial charge in [0.05, 0.1) is 8.48 Å². The van der Waals surface area contributed by atoms with E-state index < -0.39 is 17.1 Å². The average Bonchev–Trinajstić information content (AvgIpc) is 2.92. The third-order valence-corrected chi connectivity index (χ3v) is 6.30. The number of benzene rings is 2. The van der Waals surface area contributed by atoms with Gasteiger partial charge in [-0.1, -0.05) is 12.1 Å². The number of rotatable bonds is 5. The number of nitrogens with one attached hydrogen (secondary N) is 1. The lowest BCUT2D eigenvalue weighted by Crippen LogP contribution is -2.36. The molecule has 144 valence electrons. The van der Waals surface area contributed by atoms with Crippen molar-refractivity contribution in [2.45, 2.75) is 4.90 Å². The lowest BCUT2D eigenvalue weighted by Gasteiger charge is -2.12. The molecule has 3 rings (SSSR count). The molecule has 9 heteroatoms. The molecule has 2 N–H and O–H groups in total. The van der Waals surface area contributed by atoms with E-state index >= 15 is 0 Å². The summed E-state index contributed by atoms with van der Waals surface area (Å²) < 4.78 is 0.637. The van der Waals surface area contributed by atoms with Crippen molar-refractivity contribution < 1.29 is 19.5 Å². The second-order valence-electron chi connectivity index (χ2n) is 5.76. The minimum absolute atomic E-state index is 0.146. The standard InChI is InChI=1S/C19H15IN2O4S2/c1-27-13-4-2-3-12(9-13)21-17(24)10-22-18(25)16(28-19(22)26)8-11-5-6-15(23)14(20)7-11/h2-9,23H,10H2,1H3,(H,21,24)/b16-8-. The summed E-state index contributed by atoms with van der Waals surface area (Å²) in [7, 11) is 0. The van der Waals surface area contributed by atoms with E-state index in [4.69, 9.17) is 0 Å². The summed E-state index contributed by atoms with van der Waals surface area (Å²) in [6.45, 7) is -0.349. The largest absolute Gasteiger partial charge is 0.507 e. The van der Waals surface area contributed by atoms with Crippen molar-refractivity contribution in [1.82, 2.24) is 4.90 Å². The van der Waals surface area contributed by atoms with Gasteiger partial charge in [0.15, 0.2) is 0 Å². The Morgan fingerprint density at radius 3 is 2.79 bits per heavy atom. The first-order valence-corrected chi connectivity index (χ1v) is 11.2. The summed E-state index contributed by atoms with van der Waals surface area (Å²) in [5, 5.41) is 11.8. The molecule has 1 heterocycles. The van der Waals surface area contributed by atoms with Crippen LogP contribution in [0, 0.1) is 3.57 Å². The highest BCUT2D eigenvalue weighted by Gasteiger charge is 2.36. The Morgan fingerprint density at radius 2 is 2.07 bits per heavy atom. The predicted octanol–water partition coefficient (Wildman–Crippen LogP) is 4.39. The Morgan fingerprint density at radius 1 is 1.29 bits per heavy atom. The van der Waals surface area contributed by atoms with Gasteiger partial charge in [0.1, 0.15) is 12.3 Å². The number of nitrogens with zero attached hydrogens (tertiary/aromatic N) is 1. The second-order valence-corrected chi connectivity index (χ2v) is 8.79. The zero-order valence-corrected chi connectivity index (χ0v) is 18.4. The first kappa shape index (κ1) is 20.7. The zero-order valence-electron chi connectivity index (χ0n) is 14.6. The number of hydrogen-bond acceptors (Lipinski definition) is 6. The van der Waals surface area contributed by atoms with E-state index in [1.165, 1.54) is 6.07 Å². The maximum absolute atomic E-state index is 12.5. The summed E-state index contributed by atoms with van der Waals surface area (Å²) in [4.78, 5) is 39.2. The number of amides is 3. The highest BCUT2D eigenvalue weighted by atomic mass is 127. The van der Waals surface area contributed by atoms with E-state index in [1.54, 1.807) is 36.0 Å². The Bertz CT molecular complexity index is 994. The molecule has 0 spiro atoms. The molecule has 0 bridgehead atoms. The van der Waals surface area contributed by atoms with Gasteiger partial charge in [-0.2, -0.15) is 0 Å². The Balaban J connectivity index is 1.70. The van der Waals surface area contributed by atoms with Gasteiger partial charge in [-0.25, -0.2) is 0 Å². The number of carbonyl (C=O) groups excluding carboxylic acids is 3.